The van der Waals surface area contributed by atoms with Gasteiger partial charge < -0.3 is 14.8 Å². The minimum Gasteiger partial charge on any atom is -0.342 e. The Kier molecular flexibility index (Phi) is 4.58. The third kappa shape index (κ3) is 3.21. The van der Waals surface area contributed by atoms with Gasteiger partial charge in [-0.05, 0) is 25.7 Å². The van der Waals surface area contributed by atoms with Gasteiger partial charge in [0.05, 0.1) is 28.5 Å². The summed E-state index contributed by atoms with van der Waals surface area (Å²) < 4.78 is 5.76. The summed E-state index contributed by atoms with van der Waals surface area (Å²) in [7, 11) is 1.88. The molecule has 0 radical (unpaired) electrons. The van der Waals surface area contributed by atoms with Crippen LogP contribution in [-0.4, -0.2) is 41.8 Å². The number of hydrogen-bond acceptors (Lipinski definition) is 6. The van der Waals surface area contributed by atoms with Crippen molar-refractivity contribution in [3.63, 3.8) is 0 Å². The third-order valence-corrected chi connectivity index (χ3v) is 7.54. The highest BCUT2D eigenvalue weighted by Crippen LogP contribution is 2.34. The summed E-state index contributed by atoms with van der Waals surface area (Å²) in [5.41, 5.74) is 4.73. The predicted octanol–water partition coefficient (Wildman–Crippen LogP) is 3.67. The second-order valence-electron chi connectivity index (χ2n) is 9.72. The van der Waals surface area contributed by atoms with E-state index >= 15 is 0 Å². The van der Waals surface area contributed by atoms with E-state index in [4.69, 9.17) is 9.97 Å². The zero-order valence-electron chi connectivity index (χ0n) is 19.8. The molecule has 2 aliphatic heterocycles. The van der Waals surface area contributed by atoms with Crippen molar-refractivity contribution >= 4 is 34.0 Å². The van der Waals surface area contributed by atoms with Gasteiger partial charge >= 0.3 is 0 Å². The fourth-order valence-corrected chi connectivity index (χ4v) is 5.60. The minimum atomic E-state index is 0.0322. The Morgan fingerprint density at radius 1 is 1.09 bits per heavy atom. The van der Waals surface area contributed by atoms with E-state index in [1.54, 1.807) is 10.9 Å². The molecule has 6 heterocycles. The average molecular weight is 469 g/mol. The first-order valence-electron chi connectivity index (χ1n) is 12.5. The van der Waals surface area contributed by atoms with Gasteiger partial charge in [-0.3, -0.25) is 13.9 Å². The van der Waals surface area contributed by atoms with Crippen LogP contribution in [0.4, 0.5) is 17.5 Å². The van der Waals surface area contributed by atoms with E-state index in [9.17, 15) is 4.79 Å². The molecule has 0 saturated carbocycles. The van der Waals surface area contributed by atoms with Gasteiger partial charge in [0, 0.05) is 57.0 Å². The SMILES string of the molecule is Cn1ncc2c(=O)n3c(c(Nc4cc5nc(C6C=CC=CC6)cn5c(N5CCCCC5)n4)c21)CC3. The van der Waals surface area contributed by atoms with Crippen molar-refractivity contribution in [1.82, 2.24) is 28.7 Å². The molecule has 1 fully saturated rings. The number of piperidine rings is 1. The molecule has 0 spiro atoms. The van der Waals surface area contributed by atoms with Gasteiger partial charge in [-0.25, -0.2) is 4.98 Å². The Morgan fingerprint density at radius 2 is 1.97 bits per heavy atom. The number of nitrogens with one attached hydrogen (secondary N) is 1. The van der Waals surface area contributed by atoms with E-state index in [0.29, 0.717) is 5.39 Å². The fraction of sp³-hybridized carbons (Fsp3) is 0.385. The Bertz CT molecular complexity index is 1580. The Labute approximate surface area is 202 Å². The number of aromatic nitrogens is 6. The van der Waals surface area contributed by atoms with Crippen LogP contribution in [-0.2, 0) is 20.0 Å². The van der Waals surface area contributed by atoms with E-state index in [1.807, 2.05) is 17.7 Å². The van der Waals surface area contributed by atoms with Crippen molar-refractivity contribution in [3.8, 4) is 0 Å². The number of allylic oxidation sites excluding steroid dienone is 4. The van der Waals surface area contributed by atoms with Crippen LogP contribution in [0.25, 0.3) is 16.6 Å². The normalized spacial score (nSPS) is 19.3. The predicted molar refractivity (Wildman–Crippen MR) is 137 cm³/mol. The number of pyridine rings is 1. The van der Waals surface area contributed by atoms with Crippen LogP contribution in [0.1, 0.15) is 43.0 Å². The van der Waals surface area contributed by atoms with Gasteiger partial charge in [0.25, 0.3) is 5.56 Å². The molecular formula is C26H28N8O. The molecule has 0 bridgehead atoms. The molecule has 0 aromatic carbocycles. The summed E-state index contributed by atoms with van der Waals surface area (Å²) in [6.45, 7) is 2.73. The maximum Gasteiger partial charge on any atom is 0.261 e. The highest BCUT2D eigenvalue weighted by atomic mass is 16.1. The summed E-state index contributed by atoms with van der Waals surface area (Å²) in [5.74, 6) is 1.94. The molecule has 35 heavy (non-hydrogen) atoms. The number of aryl methyl sites for hydroxylation is 1. The standard InChI is InChI=1S/C26H28N8O/c1-31-24-18(15-27-31)25(35)33-13-10-20(33)23(24)29-21-14-22-28-19(17-8-4-2-5-9-17)16-34(22)26(30-21)32-11-6-3-7-12-32/h2,4-5,8,14-17,29H,3,6-7,9-13H2,1H3. The van der Waals surface area contributed by atoms with Gasteiger partial charge in [-0.2, -0.15) is 10.1 Å². The maximum atomic E-state index is 12.8. The summed E-state index contributed by atoms with van der Waals surface area (Å²) in [6, 6.07) is 2.02. The van der Waals surface area contributed by atoms with Gasteiger partial charge in [-0.15, -0.1) is 0 Å². The van der Waals surface area contributed by atoms with Crippen LogP contribution in [0.15, 0.2) is 47.6 Å². The van der Waals surface area contributed by atoms with Gasteiger partial charge in [-0.1, -0.05) is 24.3 Å². The molecule has 1 unspecified atom stereocenters. The van der Waals surface area contributed by atoms with Crippen LogP contribution in [0.3, 0.4) is 0 Å². The molecule has 178 valence electrons. The maximum absolute atomic E-state index is 12.8. The molecule has 1 aliphatic carbocycles. The summed E-state index contributed by atoms with van der Waals surface area (Å²) >= 11 is 0. The zero-order chi connectivity index (χ0) is 23.5. The number of hydrogen-bond donors (Lipinski definition) is 1. The van der Waals surface area contributed by atoms with Gasteiger partial charge in [0.15, 0.2) is 0 Å². The molecule has 4 aromatic rings. The molecule has 7 rings (SSSR count). The van der Waals surface area contributed by atoms with Crippen molar-refractivity contribution in [2.24, 2.45) is 7.05 Å². The molecule has 9 heteroatoms. The van der Waals surface area contributed by atoms with Crippen molar-refractivity contribution in [2.75, 3.05) is 23.3 Å². The molecule has 1 N–H and O–H groups in total. The van der Waals surface area contributed by atoms with E-state index in [2.05, 4.69) is 50.2 Å². The fourth-order valence-electron chi connectivity index (χ4n) is 5.60. The lowest BCUT2D eigenvalue weighted by atomic mass is 9.98. The van der Waals surface area contributed by atoms with Crippen molar-refractivity contribution in [1.29, 1.82) is 0 Å². The lowest BCUT2D eigenvalue weighted by Gasteiger charge is -2.29. The molecule has 9 nitrogen and oxygen atoms in total. The Hall–Kier alpha value is -3.88. The molecule has 0 amide bonds. The molecule has 4 aromatic heterocycles. The average Bonchev–Trinajstić information content (AvgIpc) is 3.47. The van der Waals surface area contributed by atoms with E-state index in [1.165, 1.54) is 19.3 Å². The second-order valence-corrected chi connectivity index (χ2v) is 9.72. The highest BCUT2D eigenvalue weighted by molar-refractivity contribution is 5.93. The quantitative estimate of drug-likeness (QED) is 0.492. The summed E-state index contributed by atoms with van der Waals surface area (Å²) in [4.78, 5) is 25.4. The van der Waals surface area contributed by atoms with Crippen LogP contribution in [0.5, 0.6) is 0 Å². The minimum absolute atomic E-state index is 0.0322. The number of nitrogens with zero attached hydrogens (tertiary/aromatic N) is 7. The molecule has 3 aliphatic rings. The number of rotatable bonds is 4. The van der Waals surface area contributed by atoms with Gasteiger partial charge in [0.1, 0.15) is 11.5 Å². The Balaban J connectivity index is 1.37. The first kappa shape index (κ1) is 20.5. The lowest BCUT2D eigenvalue weighted by molar-refractivity contribution is 0.534. The lowest BCUT2D eigenvalue weighted by Crippen LogP contribution is -2.34. The van der Waals surface area contributed by atoms with Crippen molar-refractivity contribution in [2.45, 2.75) is 44.6 Å². The second kappa shape index (κ2) is 7.83. The first-order valence-corrected chi connectivity index (χ1v) is 12.5. The summed E-state index contributed by atoms with van der Waals surface area (Å²) in [6.07, 6.45) is 17.8. The van der Waals surface area contributed by atoms with Crippen LogP contribution in [0.2, 0.25) is 0 Å². The van der Waals surface area contributed by atoms with Crippen molar-refractivity contribution in [3.05, 3.63) is 64.5 Å². The van der Waals surface area contributed by atoms with E-state index < -0.39 is 0 Å². The monoisotopic (exact) mass is 468 g/mol. The van der Waals surface area contributed by atoms with Gasteiger partial charge in [0.2, 0.25) is 5.95 Å². The molecular weight excluding hydrogens is 440 g/mol. The number of anilines is 3. The topological polar surface area (TPSA) is 85.3 Å². The van der Waals surface area contributed by atoms with Crippen molar-refractivity contribution < 1.29 is 0 Å². The number of fused-ring (bicyclic) bond motifs is 3. The first-order chi connectivity index (χ1) is 17.2. The largest absolute Gasteiger partial charge is 0.342 e. The van der Waals surface area contributed by atoms with E-state index in [0.717, 1.165) is 72.5 Å². The molecule has 1 atom stereocenters. The van der Waals surface area contributed by atoms with Crippen LogP contribution in [0, 0.1) is 0 Å². The Morgan fingerprint density at radius 3 is 2.74 bits per heavy atom. The van der Waals surface area contributed by atoms with Crippen LogP contribution < -0.4 is 15.8 Å². The zero-order valence-corrected chi connectivity index (χ0v) is 19.8. The molecule has 1 saturated heterocycles. The highest BCUT2D eigenvalue weighted by Gasteiger charge is 2.26. The van der Waals surface area contributed by atoms with Crippen LogP contribution >= 0.6 is 0 Å². The summed E-state index contributed by atoms with van der Waals surface area (Å²) in [5, 5.41) is 8.59. The smallest absolute Gasteiger partial charge is 0.261 e. The third-order valence-electron chi connectivity index (χ3n) is 7.54. The number of imidazole rings is 1. The van der Waals surface area contributed by atoms with E-state index in [-0.39, 0.29) is 11.5 Å².